The number of halogens is 1. The van der Waals surface area contributed by atoms with Crippen LogP contribution < -0.4 is 16.8 Å². The Bertz CT molecular complexity index is 1230. The highest BCUT2D eigenvalue weighted by Crippen LogP contribution is 2.27. The zero-order valence-electron chi connectivity index (χ0n) is 18.6. The Morgan fingerprint density at radius 2 is 1.77 bits per heavy atom. The van der Waals surface area contributed by atoms with Gasteiger partial charge in [0.05, 0.1) is 18.4 Å². The Morgan fingerprint density at radius 3 is 2.37 bits per heavy atom. The normalized spacial score (nSPS) is 15.2. The van der Waals surface area contributed by atoms with Gasteiger partial charge in [0.2, 0.25) is 17.7 Å². The SMILES string of the molecule is NC(=O)c1cc(NC(=O)CSc2nnc(-c3ccc(Cl)cc3)n2CC2CCCO2)cc(C(N)=O)c1. The van der Waals surface area contributed by atoms with Crippen molar-refractivity contribution in [3.63, 3.8) is 0 Å². The second-order valence-corrected chi connectivity index (χ2v) is 9.30. The highest BCUT2D eigenvalue weighted by atomic mass is 35.5. The molecule has 0 aliphatic carbocycles. The van der Waals surface area contributed by atoms with Gasteiger partial charge in [0.1, 0.15) is 0 Å². The molecule has 1 saturated heterocycles. The molecule has 0 radical (unpaired) electrons. The maximum atomic E-state index is 12.7. The smallest absolute Gasteiger partial charge is 0.248 e. The number of nitrogens with one attached hydrogen (secondary N) is 1. The Kier molecular flexibility index (Phi) is 7.69. The van der Waals surface area contributed by atoms with Gasteiger partial charge in [0.25, 0.3) is 0 Å². The lowest BCUT2D eigenvalue weighted by atomic mass is 10.1. The van der Waals surface area contributed by atoms with Crippen LogP contribution in [0.5, 0.6) is 0 Å². The van der Waals surface area contributed by atoms with Gasteiger partial charge in [-0.05, 0) is 55.3 Å². The van der Waals surface area contributed by atoms with Crippen LogP contribution in [0.2, 0.25) is 5.02 Å². The lowest BCUT2D eigenvalue weighted by molar-refractivity contribution is -0.113. The number of aromatic nitrogens is 3. The van der Waals surface area contributed by atoms with E-state index in [4.69, 9.17) is 27.8 Å². The maximum absolute atomic E-state index is 12.7. The van der Waals surface area contributed by atoms with Crippen molar-refractivity contribution in [3.05, 3.63) is 58.6 Å². The quantitative estimate of drug-likeness (QED) is 0.371. The van der Waals surface area contributed by atoms with Gasteiger partial charge < -0.3 is 21.5 Å². The van der Waals surface area contributed by atoms with Gasteiger partial charge in [-0.2, -0.15) is 0 Å². The van der Waals surface area contributed by atoms with Gasteiger partial charge in [-0.3, -0.25) is 19.0 Å². The molecular weight excluding hydrogens is 492 g/mol. The van der Waals surface area contributed by atoms with Gasteiger partial charge in [-0.1, -0.05) is 23.4 Å². The molecule has 35 heavy (non-hydrogen) atoms. The van der Waals surface area contributed by atoms with Crippen LogP contribution in [0.25, 0.3) is 11.4 Å². The molecular formula is C23H23ClN6O4S. The standard InChI is InChI=1S/C23H23ClN6O4S/c24-16-5-3-13(4-6-16)22-28-29-23(30(22)11-18-2-1-7-34-18)35-12-19(31)27-17-9-14(20(25)32)8-15(10-17)21(26)33/h3-6,8-10,18H,1-2,7,11-12H2,(H2,25,32)(H2,26,33)(H,27,31). The Labute approximate surface area is 210 Å². The van der Waals surface area contributed by atoms with Gasteiger partial charge in [-0.15, -0.1) is 10.2 Å². The van der Waals surface area contributed by atoms with Gasteiger partial charge in [0, 0.05) is 34.0 Å². The number of nitrogens with two attached hydrogens (primary N) is 2. The summed E-state index contributed by atoms with van der Waals surface area (Å²) < 4.78 is 7.74. The summed E-state index contributed by atoms with van der Waals surface area (Å²) in [5.74, 6) is -1.19. The predicted molar refractivity (Wildman–Crippen MR) is 132 cm³/mol. The van der Waals surface area contributed by atoms with Crippen molar-refractivity contribution in [3.8, 4) is 11.4 Å². The van der Waals surface area contributed by atoms with Gasteiger partial charge in [0.15, 0.2) is 11.0 Å². The van der Waals surface area contributed by atoms with Crippen molar-refractivity contribution in [1.29, 1.82) is 0 Å². The highest BCUT2D eigenvalue weighted by molar-refractivity contribution is 7.99. The number of ether oxygens (including phenoxy) is 1. The number of carbonyl (C=O) groups is 3. The molecule has 10 nitrogen and oxygen atoms in total. The number of thioether (sulfide) groups is 1. The zero-order chi connectivity index (χ0) is 24.9. The van der Waals surface area contributed by atoms with Crippen LogP contribution in [0, 0.1) is 0 Å². The minimum absolute atomic E-state index is 0.0109. The molecule has 1 aromatic heterocycles. The van der Waals surface area contributed by atoms with Crippen LogP contribution in [-0.2, 0) is 16.1 Å². The average Bonchev–Trinajstić information content (AvgIpc) is 3.48. The minimum atomic E-state index is -0.741. The van der Waals surface area contributed by atoms with Crippen LogP contribution in [0.4, 0.5) is 5.69 Å². The van der Waals surface area contributed by atoms with Crippen LogP contribution in [0.3, 0.4) is 0 Å². The van der Waals surface area contributed by atoms with Crippen LogP contribution in [-0.4, -0.2) is 50.9 Å². The van der Waals surface area contributed by atoms with E-state index in [-0.39, 0.29) is 34.6 Å². The molecule has 0 saturated carbocycles. The third-order valence-corrected chi connectivity index (χ3v) is 6.57. The second-order valence-electron chi connectivity index (χ2n) is 7.92. The topological polar surface area (TPSA) is 155 Å². The monoisotopic (exact) mass is 514 g/mol. The Hall–Kier alpha value is -3.41. The van der Waals surface area contributed by atoms with Gasteiger partial charge >= 0.3 is 0 Å². The molecule has 4 rings (SSSR count). The minimum Gasteiger partial charge on any atom is -0.376 e. The molecule has 0 spiro atoms. The highest BCUT2D eigenvalue weighted by Gasteiger charge is 2.22. The summed E-state index contributed by atoms with van der Waals surface area (Å²) in [5, 5.41) is 12.5. The summed E-state index contributed by atoms with van der Waals surface area (Å²) in [7, 11) is 0. The molecule has 1 unspecified atom stereocenters. The van der Waals surface area contributed by atoms with Crippen LogP contribution in [0.1, 0.15) is 33.6 Å². The summed E-state index contributed by atoms with van der Waals surface area (Å²) in [6, 6.07) is 11.3. The third-order valence-electron chi connectivity index (χ3n) is 5.35. The van der Waals surface area contributed by atoms with Crippen molar-refractivity contribution in [2.75, 3.05) is 17.7 Å². The first-order valence-corrected chi connectivity index (χ1v) is 12.1. The molecule has 5 N–H and O–H groups in total. The van der Waals surface area contributed by atoms with E-state index in [1.54, 1.807) is 12.1 Å². The maximum Gasteiger partial charge on any atom is 0.248 e. The summed E-state index contributed by atoms with van der Waals surface area (Å²) >= 11 is 7.23. The molecule has 12 heteroatoms. The first-order chi connectivity index (χ1) is 16.8. The Balaban J connectivity index is 1.51. The number of anilines is 1. The molecule has 3 amide bonds. The fraction of sp³-hybridized carbons (Fsp3) is 0.261. The predicted octanol–water partition coefficient (Wildman–Crippen LogP) is 2.71. The van der Waals surface area contributed by atoms with E-state index in [0.717, 1.165) is 18.4 Å². The first kappa shape index (κ1) is 24.7. The fourth-order valence-electron chi connectivity index (χ4n) is 3.68. The van der Waals surface area contributed by atoms with E-state index in [1.165, 1.54) is 30.0 Å². The van der Waals surface area contributed by atoms with Crippen LogP contribution in [0.15, 0.2) is 47.6 Å². The van der Waals surface area contributed by atoms with Gasteiger partial charge in [-0.25, -0.2) is 0 Å². The van der Waals surface area contributed by atoms with E-state index < -0.39 is 11.8 Å². The van der Waals surface area contributed by atoms with Crippen molar-refractivity contribution in [2.24, 2.45) is 11.5 Å². The van der Waals surface area contributed by atoms with Crippen molar-refractivity contribution < 1.29 is 19.1 Å². The van der Waals surface area contributed by atoms with E-state index in [0.29, 0.717) is 29.2 Å². The van der Waals surface area contributed by atoms with E-state index in [2.05, 4.69) is 15.5 Å². The van der Waals surface area contributed by atoms with E-state index >= 15 is 0 Å². The Morgan fingerprint density at radius 1 is 1.09 bits per heavy atom. The summed E-state index contributed by atoms with van der Waals surface area (Å²) in [4.78, 5) is 35.8. The number of benzene rings is 2. The number of hydrogen-bond donors (Lipinski definition) is 3. The fourth-order valence-corrected chi connectivity index (χ4v) is 4.55. The zero-order valence-corrected chi connectivity index (χ0v) is 20.1. The average molecular weight is 515 g/mol. The molecule has 1 fully saturated rings. The van der Waals surface area contributed by atoms with Crippen molar-refractivity contribution in [2.45, 2.75) is 30.6 Å². The number of hydrogen-bond acceptors (Lipinski definition) is 7. The molecule has 2 heterocycles. The van der Waals surface area contributed by atoms with E-state index in [1.807, 2.05) is 16.7 Å². The number of rotatable bonds is 9. The number of carbonyl (C=O) groups excluding carboxylic acids is 3. The van der Waals surface area contributed by atoms with Crippen molar-refractivity contribution in [1.82, 2.24) is 14.8 Å². The lowest BCUT2D eigenvalue weighted by Crippen LogP contribution is -2.19. The number of amides is 3. The molecule has 0 bridgehead atoms. The third kappa shape index (κ3) is 6.18. The molecule has 1 aliphatic rings. The molecule has 3 aromatic rings. The molecule has 1 atom stereocenters. The molecule has 2 aromatic carbocycles. The molecule has 1 aliphatic heterocycles. The number of primary amides is 2. The second kappa shape index (κ2) is 10.9. The molecule has 182 valence electrons. The number of nitrogens with zero attached hydrogens (tertiary/aromatic N) is 3. The first-order valence-electron chi connectivity index (χ1n) is 10.8. The van der Waals surface area contributed by atoms with E-state index in [9.17, 15) is 14.4 Å². The summed E-state index contributed by atoms with van der Waals surface area (Å²) in [6.07, 6.45) is 1.96. The van der Waals surface area contributed by atoms with Crippen molar-refractivity contribution >= 4 is 46.8 Å². The summed E-state index contributed by atoms with van der Waals surface area (Å²) in [5.41, 5.74) is 11.8. The van der Waals surface area contributed by atoms with Crippen LogP contribution >= 0.6 is 23.4 Å². The summed E-state index contributed by atoms with van der Waals surface area (Å²) in [6.45, 7) is 1.27. The lowest BCUT2D eigenvalue weighted by Gasteiger charge is -2.15. The largest absolute Gasteiger partial charge is 0.376 e.